The van der Waals surface area contributed by atoms with Gasteiger partial charge in [-0.1, -0.05) is 0 Å². The van der Waals surface area contributed by atoms with Crippen LogP contribution in [0.25, 0.3) is 16.7 Å². The lowest BCUT2D eigenvalue weighted by Crippen LogP contribution is -2.57. The summed E-state index contributed by atoms with van der Waals surface area (Å²) in [5.74, 6) is -0.879. The third-order valence-electron chi connectivity index (χ3n) is 5.65. The lowest BCUT2D eigenvalue weighted by Gasteiger charge is -2.40. The van der Waals surface area contributed by atoms with E-state index in [-0.39, 0.29) is 17.1 Å². The van der Waals surface area contributed by atoms with Crippen molar-refractivity contribution in [2.75, 3.05) is 29.9 Å². The summed E-state index contributed by atoms with van der Waals surface area (Å²) < 4.78 is 16.0. The number of carbonyl (C=O) groups is 1. The average molecular weight is 433 g/mol. The first-order valence-electron chi connectivity index (χ1n) is 10.5. The monoisotopic (exact) mass is 433 g/mol. The highest BCUT2D eigenvalue weighted by molar-refractivity contribution is 6.13. The topological polar surface area (TPSA) is 87.5 Å². The number of imidazole rings is 1. The van der Waals surface area contributed by atoms with Gasteiger partial charge >= 0.3 is 0 Å². The largest absolute Gasteiger partial charge is 0.367 e. The molecule has 1 amide bonds. The molecule has 5 rings (SSSR count). The average Bonchev–Trinajstić information content (AvgIpc) is 3.13. The summed E-state index contributed by atoms with van der Waals surface area (Å²) in [6, 6.07) is 4.94. The standard InChI is InChI=1S/C23H24FN7O/c1-14-11-31-12-15(10-17(24)21(31)28-14)29-22(32)16-4-5-18(20-19(16)25-6-7-26-20)30-9-8-27-23(2,3)13-30/h4-7,10-12,27H,8-9,13H2,1-3H3,(H,29,32). The number of nitrogens with zero attached hydrogens (tertiary/aromatic N) is 5. The van der Waals surface area contributed by atoms with Crippen molar-refractivity contribution in [2.24, 2.45) is 0 Å². The molecule has 0 unspecified atom stereocenters. The Hall–Kier alpha value is -3.59. The van der Waals surface area contributed by atoms with E-state index in [4.69, 9.17) is 0 Å². The summed E-state index contributed by atoms with van der Waals surface area (Å²) in [6.45, 7) is 8.62. The van der Waals surface area contributed by atoms with E-state index in [0.717, 1.165) is 25.3 Å². The SMILES string of the molecule is Cc1cn2cc(NC(=O)c3ccc(N4CCNC(C)(C)C4)c4nccnc34)cc(F)c2n1. The predicted octanol–water partition coefficient (Wildman–Crippen LogP) is 3.17. The Balaban J connectivity index is 1.50. The Bertz CT molecular complexity index is 1350. The molecular weight excluding hydrogens is 409 g/mol. The second-order valence-corrected chi connectivity index (χ2v) is 8.76. The summed E-state index contributed by atoms with van der Waals surface area (Å²) in [5.41, 5.74) is 3.73. The van der Waals surface area contributed by atoms with Crippen molar-refractivity contribution >= 4 is 34.0 Å². The number of carbonyl (C=O) groups excluding carboxylic acids is 1. The lowest BCUT2D eigenvalue weighted by molar-refractivity contribution is 0.102. The Morgan fingerprint density at radius 3 is 2.75 bits per heavy atom. The van der Waals surface area contributed by atoms with Crippen LogP contribution in [0.5, 0.6) is 0 Å². The number of aryl methyl sites for hydroxylation is 1. The van der Waals surface area contributed by atoms with Crippen LogP contribution in [0.15, 0.2) is 43.0 Å². The first-order valence-corrected chi connectivity index (χ1v) is 10.5. The van der Waals surface area contributed by atoms with Crippen molar-refractivity contribution in [1.29, 1.82) is 0 Å². The third kappa shape index (κ3) is 3.64. The van der Waals surface area contributed by atoms with E-state index in [1.54, 1.807) is 42.2 Å². The maximum absolute atomic E-state index is 14.4. The van der Waals surface area contributed by atoms with E-state index in [1.807, 2.05) is 6.07 Å². The lowest BCUT2D eigenvalue weighted by atomic mass is 10.0. The van der Waals surface area contributed by atoms with Crippen molar-refractivity contribution in [2.45, 2.75) is 26.3 Å². The number of aromatic nitrogens is 4. The number of piperazine rings is 1. The fraction of sp³-hybridized carbons (Fsp3) is 0.304. The highest BCUT2D eigenvalue weighted by Crippen LogP contribution is 2.29. The molecule has 3 aromatic heterocycles. The summed E-state index contributed by atoms with van der Waals surface area (Å²) >= 11 is 0. The minimum absolute atomic E-state index is 0.0305. The summed E-state index contributed by atoms with van der Waals surface area (Å²) in [4.78, 5) is 28.5. The van der Waals surface area contributed by atoms with Crippen molar-refractivity contribution in [1.82, 2.24) is 24.7 Å². The van der Waals surface area contributed by atoms with Crippen LogP contribution < -0.4 is 15.5 Å². The molecule has 1 fully saturated rings. The van der Waals surface area contributed by atoms with Crippen LogP contribution in [-0.4, -0.2) is 50.4 Å². The molecule has 1 aromatic carbocycles. The molecule has 1 saturated heterocycles. The number of amides is 1. The fourth-order valence-corrected chi connectivity index (χ4v) is 4.27. The van der Waals surface area contributed by atoms with Gasteiger partial charge in [-0.05, 0) is 32.9 Å². The van der Waals surface area contributed by atoms with Gasteiger partial charge in [0.15, 0.2) is 11.5 Å². The predicted molar refractivity (Wildman–Crippen MR) is 122 cm³/mol. The van der Waals surface area contributed by atoms with E-state index in [1.165, 1.54) is 6.07 Å². The van der Waals surface area contributed by atoms with Crippen LogP contribution >= 0.6 is 0 Å². The molecule has 1 aliphatic heterocycles. The van der Waals surface area contributed by atoms with Gasteiger partial charge in [-0.3, -0.25) is 14.8 Å². The van der Waals surface area contributed by atoms with Gasteiger partial charge in [0, 0.05) is 56.0 Å². The number of nitrogens with one attached hydrogen (secondary N) is 2. The van der Waals surface area contributed by atoms with E-state index < -0.39 is 5.82 Å². The molecule has 9 heteroatoms. The summed E-state index contributed by atoms with van der Waals surface area (Å²) in [5, 5.41) is 6.29. The molecule has 0 saturated carbocycles. The van der Waals surface area contributed by atoms with Crippen LogP contribution in [0, 0.1) is 12.7 Å². The number of rotatable bonds is 3. The maximum Gasteiger partial charge on any atom is 0.257 e. The van der Waals surface area contributed by atoms with Gasteiger partial charge in [-0.15, -0.1) is 0 Å². The first-order chi connectivity index (χ1) is 15.3. The molecular formula is C23H24FN7O. The van der Waals surface area contributed by atoms with Crippen LogP contribution in [0.1, 0.15) is 29.9 Å². The first kappa shape index (κ1) is 20.3. The number of pyridine rings is 1. The van der Waals surface area contributed by atoms with Gasteiger partial charge in [0.1, 0.15) is 11.0 Å². The zero-order chi connectivity index (χ0) is 22.5. The Kier molecular flexibility index (Phi) is 4.78. The van der Waals surface area contributed by atoms with Gasteiger partial charge in [-0.25, -0.2) is 9.37 Å². The number of hydrogen-bond acceptors (Lipinski definition) is 6. The van der Waals surface area contributed by atoms with Crippen molar-refractivity contribution in [3.05, 3.63) is 60.1 Å². The molecule has 4 aromatic rings. The highest BCUT2D eigenvalue weighted by atomic mass is 19.1. The van der Waals surface area contributed by atoms with Crippen LogP contribution in [-0.2, 0) is 0 Å². The Labute approximate surface area is 184 Å². The van der Waals surface area contributed by atoms with Gasteiger partial charge in [0.2, 0.25) is 0 Å². The van der Waals surface area contributed by atoms with Gasteiger partial charge in [0.25, 0.3) is 5.91 Å². The van der Waals surface area contributed by atoms with Gasteiger partial charge < -0.3 is 19.9 Å². The van der Waals surface area contributed by atoms with Crippen molar-refractivity contribution in [3.8, 4) is 0 Å². The molecule has 32 heavy (non-hydrogen) atoms. The summed E-state index contributed by atoms with van der Waals surface area (Å²) in [6.07, 6.45) is 6.55. The molecule has 0 atom stereocenters. The molecule has 2 N–H and O–H groups in total. The van der Waals surface area contributed by atoms with Crippen LogP contribution in [0.2, 0.25) is 0 Å². The molecule has 4 heterocycles. The molecule has 0 spiro atoms. The number of fused-ring (bicyclic) bond motifs is 2. The highest BCUT2D eigenvalue weighted by Gasteiger charge is 2.28. The van der Waals surface area contributed by atoms with Crippen molar-refractivity contribution in [3.63, 3.8) is 0 Å². The third-order valence-corrected chi connectivity index (χ3v) is 5.65. The number of halogens is 1. The van der Waals surface area contributed by atoms with Crippen LogP contribution in [0.3, 0.4) is 0 Å². The normalized spacial score (nSPS) is 15.9. The fourth-order valence-electron chi connectivity index (χ4n) is 4.27. The molecule has 0 bridgehead atoms. The maximum atomic E-state index is 14.4. The molecule has 1 aliphatic rings. The zero-order valence-electron chi connectivity index (χ0n) is 18.2. The van der Waals surface area contributed by atoms with E-state index >= 15 is 0 Å². The number of anilines is 2. The second-order valence-electron chi connectivity index (χ2n) is 8.76. The summed E-state index contributed by atoms with van der Waals surface area (Å²) in [7, 11) is 0. The smallest absolute Gasteiger partial charge is 0.257 e. The quantitative estimate of drug-likeness (QED) is 0.516. The Morgan fingerprint density at radius 1 is 1.19 bits per heavy atom. The van der Waals surface area contributed by atoms with E-state index in [2.05, 4.69) is 44.3 Å². The molecule has 164 valence electrons. The minimum atomic E-state index is -0.503. The molecule has 8 nitrogen and oxygen atoms in total. The zero-order valence-corrected chi connectivity index (χ0v) is 18.2. The molecule has 0 aliphatic carbocycles. The van der Waals surface area contributed by atoms with E-state index in [9.17, 15) is 9.18 Å². The van der Waals surface area contributed by atoms with Crippen molar-refractivity contribution < 1.29 is 9.18 Å². The number of hydrogen-bond donors (Lipinski definition) is 2. The minimum Gasteiger partial charge on any atom is -0.367 e. The van der Waals surface area contributed by atoms with Gasteiger partial charge in [-0.2, -0.15) is 0 Å². The number of benzene rings is 1. The van der Waals surface area contributed by atoms with Gasteiger partial charge in [0.05, 0.1) is 22.6 Å². The molecule has 0 radical (unpaired) electrons. The Morgan fingerprint density at radius 2 is 1.97 bits per heavy atom. The van der Waals surface area contributed by atoms with Crippen LogP contribution in [0.4, 0.5) is 15.8 Å². The van der Waals surface area contributed by atoms with E-state index in [0.29, 0.717) is 28.0 Å². The second kappa shape index (κ2) is 7.52.